The van der Waals surface area contributed by atoms with Gasteiger partial charge in [-0.2, -0.15) is 5.10 Å². The van der Waals surface area contributed by atoms with E-state index in [1.165, 1.54) is 0 Å². The quantitative estimate of drug-likeness (QED) is 0.736. The Hall–Kier alpha value is -0.540. The molecule has 13 heavy (non-hydrogen) atoms. The summed E-state index contributed by atoms with van der Waals surface area (Å²) in [6.45, 7) is 3.97. The normalized spacial score (nSPS) is 10.7. The van der Waals surface area contributed by atoms with Crippen LogP contribution in [0, 0.1) is 0 Å². The molecule has 1 aromatic heterocycles. The summed E-state index contributed by atoms with van der Waals surface area (Å²) >= 11 is 6.08. The van der Waals surface area contributed by atoms with Gasteiger partial charge in [-0.05, 0) is 26.4 Å². The highest BCUT2D eigenvalue weighted by Gasteiger charge is 2.05. The summed E-state index contributed by atoms with van der Waals surface area (Å²) in [6, 6.07) is 0. The highest BCUT2D eigenvalue weighted by Crippen LogP contribution is 2.15. The largest absolute Gasteiger partial charge is 0.320 e. The van der Waals surface area contributed by atoms with E-state index in [1.807, 2.05) is 17.9 Å². The fourth-order valence-electron chi connectivity index (χ4n) is 1.21. The molecule has 0 unspecified atom stereocenters. The standard InChI is InChI=1S/C9H16ClN3/c1-3-8-7-12-13(9(8)10)6-4-5-11-2/h7,11H,3-6H2,1-2H3. The number of hydrogen-bond acceptors (Lipinski definition) is 2. The highest BCUT2D eigenvalue weighted by atomic mass is 35.5. The smallest absolute Gasteiger partial charge is 0.130 e. The number of aromatic nitrogens is 2. The van der Waals surface area contributed by atoms with E-state index < -0.39 is 0 Å². The first-order valence-electron chi connectivity index (χ1n) is 4.64. The van der Waals surface area contributed by atoms with Crippen molar-refractivity contribution in [2.45, 2.75) is 26.3 Å². The topological polar surface area (TPSA) is 29.9 Å². The lowest BCUT2D eigenvalue weighted by atomic mass is 10.3. The lowest BCUT2D eigenvalue weighted by molar-refractivity contribution is 0.562. The molecule has 0 radical (unpaired) electrons. The van der Waals surface area contributed by atoms with E-state index >= 15 is 0 Å². The first-order chi connectivity index (χ1) is 6.29. The molecule has 0 fully saturated rings. The summed E-state index contributed by atoms with van der Waals surface area (Å²) in [6.07, 6.45) is 3.85. The molecule has 1 N–H and O–H groups in total. The summed E-state index contributed by atoms with van der Waals surface area (Å²) < 4.78 is 1.86. The minimum Gasteiger partial charge on any atom is -0.320 e. The number of rotatable bonds is 5. The molecule has 0 aliphatic carbocycles. The lowest BCUT2D eigenvalue weighted by Gasteiger charge is -2.02. The lowest BCUT2D eigenvalue weighted by Crippen LogP contribution is -2.11. The number of aryl methyl sites for hydroxylation is 2. The number of halogens is 1. The van der Waals surface area contributed by atoms with E-state index in [0.29, 0.717) is 0 Å². The number of hydrogen-bond donors (Lipinski definition) is 1. The molecule has 3 nitrogen and oxygen atoms in total. The maximum Gasteiger partial charge on any atom is 0.130 e. The van der Waals surface area contributed by atoms with Crippen LogP contribution in [0.5, 0.6) is 0 Å². The molecule has 0 aromatic carbocycles. The van der Waals surface area contributed by atoms with Crippen LogP contribution in [0.1, 0.15) is 18.9 Å². The summed E-state index contributed by atoms with van der Waals surface area (Å²) in [4.78, 5) is 0. The zero-order valence-corrected chi connectivity index (χ0v) is 8.93. The minimum atomic E-state index is 0.790. The second-order valence-electron chi connectivity index (χ2n) is 2.99. The van der Waals surface area contributed by atoms with Crippen molar-refractivity contribution in [3.8, 4) is 0 Å². The molecule has 4 heteroatoms. The van der Waals surface area contributed by atoms with Gasteiger partial charge in [-0.25, -0.2) is 0 Å². The Morgan fingerprint density at radius 3 is 2.92 bits per heavy atom. The van der Waals surface area contributed by atoms with Crippen LogP contribution in [-0.4, -0.2) is 23.4 Å². The van der Waals surface area contributed by atoms with Crippen LogP contribution in [0.2, 0.25) is 5.15 Å². The molecule has 74 valence electrons. The molecule has 0 amide bonds. The summed E-state index contributed by atoms with van der Waals surface area (Å²) in [5.74, 6) is 0. The SMILES string of the molecule is CCc1cnn(CCCNC)c1Cl. The molecule has 0 atom stereocenters. The molecule has 0 aliphatic heterocycles. The molecular formula is C9H16ClN3. The monoisotopic (exact) mass is 201 g/mol. The van der Waals surface area contributed by atoms with Gasteiger partial charge in [0.25, 0.3) is 0 Å². The predicted molar refractivity (Wildman–Crippen MR) is 55.2 cm³/mol. The van der Waals surface area contributed by atoms with E-state index in [2.05, 4.69) is 17.3 Å². The first-order valence-corrected chi connectivity index (χ1v) is 5.02. The van der Waals surface area contributed by atoms with Gasteiger partial charge in [0.15, 0.2) is 0 Å². The van der Waals surface area contributed by atoms with Gasteiger partial charge in [-0.3, -0.25) is 4.68 Å². The predicted octanol–water partition coefficient (Wildman–Crippen LogP) is 1.71. The van der Waals surface area contributed by atoms with Crippen LogP contribution in [0.25, 0.3) is 0 Å². The van der Waals surface area contributed by atoms with Crippen LogP contribution in [-0.2, 0) is 13.0 Å². The maximum absolute atomic E-state index is 6.08. The van der Waals surface area contributed by atoms with Crippen molar-refractivity contribution in [1.82, 2.24) is 15.1 Å². The zero-order valence-electron chi connectivity index (χ0n) is 8.18. The molecule has 0 saturated carbocycles. The van der Waals surface area contributed by atoms with Crippen molar-refractivity contribution >= 4 is 11.6 Å². The molecule has 0 bridgehead atoms. The second kappa shape index (κ2) is 5.25. The van der Waals surface area contributed by atoms with Crippen molar-refractivity contribution in [2.75, 3.05) is 13.6 Å². The van der Waals surface area contributed by atoms with Crippen LogP contribution in [0.3, 0.4) is 0 Å². The average molecular weight is 202 g/mol. The molecule has 0 saturated heterocycles. The fourth-order valence-corrected chi connectivity index (χ4v) is 1.52. The first kappa shape index (κ1) is 10.5. The minimum absolute atomic E-state index is 0.790. The van der Waals surface area contributed by atoms with E-state index in [1.54, 1.807) is 0 Å². The number of nitrogens with zero attached hydrogens (tertiary/aromatic N) is 2. The van der Waals surface area contributed by atoms with E-state index in [9.17, 15) is 0 Å². The molecule has 1 aromatic rings. The van der Waals surface area contributed by atoms with E-state index in [-0.39, 0.29) is 0 Å². The van der Waals surface area contributed by atoms with Crippen molar-refractivity contribution in [3.63, 3.8) is 0 Å². The van der Waals surface area contributed by atoms with Gasteiger partial charge < -0.3 is 5.32 Å². The third-order valence-electron chi connectivity index (χ3n) is 2.02. The fraction of sp³-hybridized carbons (Fsp3) is 0.667. The Kier molecular flexibility index (Phi) is 4.25. The third-order valence-corrected chi connectivity index (χ3v) is 2.46. The average Bonchev–Trinajstić information content (AvgIpc) is 2.48. The Labute approximate surface area is 84.1 Å². The van der Waals surface area contributed by atoms with Gasteiger partial charge in [0.2, 0.25) is 0 Å². The highest BCUT2D eigenvalue weighted by molar-refractivity contribution is 6.30. The van der Waals surface area contributed by atoms with E-state index in [4.69, 9.17) is 11.6 Å². The molecule has 0 spiro atoms. The van der Waals surface area contributed by atoms with Crippen LogP contribution >= 0.6 is 11.6 Å². The van der Waals surface area contributed by atoms with Crippen molar-refractivity contribution in [3.05, 3.63) is 16.9 Å². The van der Waals surface area contributed by atoms with Crippen molar-refractivity contribution in [2.24, 2.45) is 0 Å². The summed E-state index contributed by atoms with van der Waals surface area (Å²) in [7, 11) is 1.95. The van der Waals surface area contributed by atoms with Crippen molar-refractivity contribution < 1.29 is 0 Å². The summed E-state index contributed by atoms with van der Waals surface area (Å²) in [5.41, 5.74) is 1.13. The van der Waals surface area contributed by atoms with Gasteiger partial charge in [0.05, 0.1) is 6.20 Å². The molecule has 1 rings (SSSR count). The Morgan fingerprint density at radius 1 is 1.62 bits per heavy atom. The Bertz CT molecular complexity index is 257. The van der Waals surface area contributed by atoms with Crippen LogP contribution in [0.15, 0.2) is 6.20 Å². The molecular weight excluding hydrogens is 186 g/mol. The van der Waals surface area contributed by atoms with Gasteiger partial charge in [0, 0.05) is 12.1 Å². The maximum atomic E-state index is 6.08. The van der Waals surface area contributed by atoms with Gasteiger partial charge in [-0.1, -0.05) is 18.5 Å². The molecule has 0 aliphatic rings. The van der Waals surface area contributed by atoms with Gasteiger partial charge in [-0.15, -0.1) is 0 Å². The van der Waals surface area contributed by atoms with Crippen LogP contribution < -0.4 is 5.32 Å². The zero-order chi connectivity index (χ0) is 9.68. The number of nitrogens with one attached hydrogen (secondary N) is 1. The van der Waals surface area contributed by atoms with Gasteiger partial charge in [0.1, 0.15) is 5.15 Å². The third kappa shape index (κ3) is 2.71. The molecule has 1 heterocycles. The van der Waals surface area contributed by atoms with Crippen molar-refractivity contribution in [1.29, 1.82) is 0 Å². The Morgan fingerprint density at radius 2 is 2.38 bits per heavy atom. The Balaban J connectivity index is 2.51. The van der Waals surface area contributed by atoms with E-state index in [0.717, 1.165) is 36.6 Å². The van der Waals surface area contributed by atoms with Gasteiger partial charge >= 0.3 is 0 Å². The van der Waals surface area contributed by atoms with Crippen LogP contribution in [0.4, 0.5) is 0 Å². The second-order valence-corrected chi connectivity index (χ2v) is 3.35. The summed E-state index contributed by atoms with van der Waals surface area (Å²) in [5, 5.41) is 8.10.